The number of nitrogens with zero attached hydrogens (tertiary/aromatic N) is 1. The lowest BCUT2D eigenvalue weighted by Gasteiger charge is -2.26. The number of furan rings is 1. The van der Waals surface area contributed by atoms with Gasteiger partial charge in [-0.15, -0.1) is 0 Å². The predicted octanol–water partition coefficient (Wildman–Crippen LogP) is 14.9. The first-order valence-electron chi connectivity index (χ1n) is 18.4. The number of hydrogen-bond donors (Lipinski definition) is 0. The summed E-state index contributed by atoms with van der Waals surface area (Å²) >= 11 is 0. The molecule has 0 fully saturated rings. The van der Waals surface area contributed by atoms with Gasteiger partial charge in [0.1, 0.15) is 5.58 Å². The second-order valence-corrected chi connectivity index (χ2v) is 13.8. The molecule has 2 heteroatoms. The molecule has 1 heterocycles. The van der Waals surface area contributed by atoms with Gasteiger partial charge in [-0.3, -0.25) is 0 Å². The first-order valence-corrected chi connectivity index (χ1v) is 18.4. The SMILES string of the molecule is c1ccc(-c2cccc(N(c3ccc(-c4cccc(-c5cccc(-c6ccc7ccccc7c6)c5)c4)cc3)c3cccc4c3oc3ccccc34)c2)cc1. The molecule has 0 amide bonds. The van der Waals surface area contributed by atoms with Crippen LogP contribution in [0.2, 0.25) is 0 Å². The van der Waals surface area contributed by atoms with Crippen molar-refractivity contribution in [3.63, 3.8) is 0 Å². The maximum absolute atomic E-state index is 6.58. The van der Waals surface area contributed by atoms with Gasteiger partial charge in [0, 0.05) is 22.1 Å². The van der Waals surface area contributed by atoms with Gasteiger partial charge in [-0.05, 0) is 110 Å². The van der Waals surface area contributed by atoms with Gasteiger partial charge >= 0.3 is 0 Å². The summed E-state index contributed by atoms with van der Waals surface area (Å²) in [4.78, 5) is 2.32. The second-order valence-electron chi connectivity index (χ2n) is 13.8. The Morgan fingerprint density at radius 1 is 0.296 bits per heavy atom. The molecular weight excluding hydrogens is 655 g/mol. The number of benzene rings is 9. The van der Waals surface area contributed by atoms with Crippen LogP contribution in [0.15, 0.2) is 217 Å². The summed E-state index contributed by atoms with van der Waals surface area (Å²) in [5.74, 6) is 0. The van der Waals surface area contributed by atoms with E-state index in [-0.39, 0.29) is 0 Å². The van der Waals surface area contributed by atoms with Crippen LogP contribution in [0, 0.1) is 0 Å². The molecule has 0 aliphatic rings. The maximum Gasteiger partial charge on any atom is 0.159 e. The van der Waals surface area contributed by atoms with E-state index >= 15 is 0 Å². The Hall–Kier alpha value is -7.16. The minimum absolute atomic E-state index is 0.867. The maximum atomic E-state index is 6.58. The van der Waals surface area contributed by atoms with Crippen LogP contribution in [0.4, 0.5) is 17.1 Å². The largest absolute Gasteiger partial charge is 0.454 e. The van der Waals surface area contributed by atoms with Crippen LogP contribution in [-0.4, -0.2) is 0 Å². The molecule has 0 unspecified atom stereocenters. The van der Waals surface area contributed by atoms with Crippen LogP contribution >= 0.6 is 0 Å². The molecule has 10 aromatic rings. The zero-order valence-electron chi connectivity index (χ0n) is 29.6. The summed E-state index contributed by atoms with van der Waals surface area (Å²) in [6, 6.07) is 75.9. The Bertz CT molecular complexity index is 2940. The number of rotatable bonds is 7. The highest BCUT2D eigenvalue weighted by atomic mass is 16.3. The third kappa shape index (κ3) is 5.81. The zero-order valence-corrected chi connectivity index (χ0v) is 29.6. The first kappa shape index (κ1) is 31.6. The van der Waals surface area contributed by atoms with E-state index in [0.29, 0.717) is 0 Å². The fourth-order valence-corrected chi connectivity index (χ4v) is 7.72. The van der Waals surface area contributed by atoms with Gasteiger partial charge in [-0.1, -0.05) is 158 Å². The number of para-hydroxylation sites is 2. The van der Waals surface area contributed by atoms with Crippen LogP contribution in [0.1, 0.15) is 0 Å². The lowest BCUT2D eigenvalue weighted by atomic mass is 9.95. The van der Waals surface area contributed by atoms with E-state index in [0.717, 1.165) is 50.1 Å². The molecule has 0 saturated heterocycles. The average molecular weight is 690 g/mol. The summed E-state index contributed by atoms with van der Waals surface area (Å²) in [7, 11) is 0. The smallest absolute Gasteiger partial charge is 0.159 e. The monoisotopic (exact) mass is 689 g/mol. The van der Waals surface area contributed by atoms with Crippen LogP contribution in [-0.2, 0) is 0 Å². The topological polar surface area (TPSA) is 16.4 Å². The zero-order chi connectivity index (χ0) is 35.8. The molecule has 254 valence electrons. The molecule has 9 aromatic carbocycles. The molecule has 0 N–H and O–H groups in total. The van der Waals surface area contributed by atoms with Gasteiger partial charge in [0.25, 0.3) is 0 Å². The number of anilines is 3. The summed E-state index contributed by atoms with van der Waals surface area (Å²) in [6.45, 7) is 0. The summed E-state index contributed by atoms with van der Waals surface area (Å²) < 4.78 is 6.58. The number of fused-ring (bicyclic) bond motifs is 4. The quantitative estimate of drug-likeness (QED) is 0.166. The normalized spacial score (nSPS) is 11.3. The minimum Gasteiger partial charge on any atom is -0.454 e. The van der Waals surface area contributed by atoms with E-state index in [2.05, 4.69) is 205 Å². The minimum atomic E-state index is 0.867. The van der Waals surface area contributed by atoms with Gasteiger partial charge < -0.3 is 9.32 Å². The highest BCUT2D eigenvalue weighted by Crippen LogP contribution is 2.43. The van der Waals surface area contributed by atoms with E-state index in [1.165, 1.54) is 44.2 Å². The molecule has 0 radical (unpaired) electrons. The predicted molar refractivity (Wildman–Crippen MR) is 228 cm³/mol. The average Bonchev–Trinajstić information content (AvgIpc) is 3.64. The Morgan fingerprint density at radius 2 is 0.815 bits per heavy atom. The van der Waals surface area contributed by atoms with Crippen LogP contribution < -0.4 is 4.90 Å². The van der Waals surface area contributed by atoms with Gasteiger partial charge in [-0.2, -0.15) is 0 Å². The van der Waals surface area contributed by atoms with Gasteiger partial charge in [0.15, 0.2) is 5.58 Å². The molecule has 0 bridgehead atoms. The Morgan fingerprint density at radius 3 is 1.57 bits per heavy atom. The second kappa shape index (κ2) is 13.4. The Labute approximate surface area is 314 Å². The molecular formula is C52H35NO. The van der Waals surface area contributed by atoms with Gasteiger partial charge in [0.05, 0.1) is 5.69 Å². The van der Waals surface area contributed by atoms with Crippen molar-refractivity contribution in [2.75, 3.05) is 4.90 Å². The van der Waals surface area contributed by atoms with E-state index in [9.17, 15) is 0 Å². The molecule has 0 spiro atoms. The van der Waals surface area contributed by atoms with E-state index in [1.807, 2.05) is 12.1 Å². The van der Waals surface area contributed by atoms with E-state index in [1.54, 1.807) is 0 Å². The van der Waals surface area contributed by atoms with Crippen molar-refractivity contribution < 1.29 is 4.42 Å². The van der Waals surface area contributed by atoms with E-state index in [4.69, 9.17) is 4.42 Å². The molecule has 0 aliphatic heterocycles. The van der Waals surface area contributed by atoms with E-state index < -0.39 is 0 Å². The van der Waals surface area contributed by atoms with Crippen LogP contribution in [0.25, 0.3) is 77.2 Å². The molecule has 0 saturated carbocycles. The van der Waals surface area contributed by atoms with Crippen LogP contribution in [0.5, 0.6) is 0 Å². The molecule has 10 rings (SSSR count). The molecule has 0 atom stereocenters. The van der Waals surface area contributed by atoms with Gasteiger partial charge in [0.2, 0.25) is 0 Å². The van der Waals surface area contributed by atoms with Crippen molar-refractivity contribution in [2.24, 2.45) is 0 Å². The molecule has 2 nitrogen and oxygen atoms in total. The summed E-state index contributed by atoms with van der Waals surface area (Å²) in [5, 5.41) is 4.73. The van der Waals surface area contributed by atoms with Crippen molar-refractivity contribution in [3.05, 3.63) is 212 Å². The fraction of sp³-hybridized carbons (Fsp3) is 0. The Kier molecular flexibility index (Phi) is 7.85. The third-order valence-corrected chi connectivity index (χ3v) is 10.4. The highest BCUT2D eigenvalue weighted by Gasteiger charge is 2.20. The van der Waals surface area contributed by atoms with Crippen molar-refractivity contribution in [1.29, 1.82) is 0 Å². The standard InChI is InChI=1S/C52H35NO/c1-2-12-36(13-3-1)44-20-10-21-47(35-44)53(50-24-11-23-49-48-22-6-7-25-51(48)54-52(49)50)46-30-28-38(29-31-46)40-16-8-17-41(32-40)42-18-9-19-43(34-42)45-27-26-37-14-4-5-15-39(37)33-45/h1-35H. The van der Waals surface area contributed by atoms with Crippen molar-refractivity contribution in [1.82, 2.24) is 0 Å². The molecule has 0 aliphatic carbocycles. The lowest BCUT2D eigenvalue weighted by Crippen LogP contribution is -2.10. The Balaban J connectivity index is 1.03. The number of hydrogen-bond acceptors (Lipinski definition) is 2. The van der Waals surface area contributed by atoms with Crippen molar-refractivity contribution in [2.45, 2.75) is 0 Å². The summed E-state index contributed by atoms with van der Waals surface area (Å²) in [6.07, 6.45) is 0. The fourth-order valence-electron chi connectivity index (χ4n) is 7.72. The van der Waals surface area contributed by atoms with Crippen molar-refractivity contribution >= 4 is 49.8 Å². The van der Waals surface area contributed by atoms with Gasteiger partial charge in [-0.25, -0.2) is 0 Å². The van der Waals surface area contributed by atoms with Crippen LogP contribution in [0.3, 0.4) is 0 Å². The third-order valence-electron chi connectivity index (χ3n) is 10.4. The van der Waals surface area contributed by atoms with Crippen molar-refractivity contribution in [3.8, 4) is 44.5 Å². The molecule has 54 heavy (non-hydrogen) atoms. The highest BCUT2D eigenvalue weighted by molar-refractivity contribution is 6.10. The lowest BCUT2D eigenvalue weighted by molar-refractivity contribution is 0.669. The summed E-state index contributed by atoms with van der Waals surface area (Å²) in [5.41, 5.74) is 14.4. The first-order chi connectivity index (χ1) is 26.7. The molecule has 1 aromatic heterocycles.